The van der Waals surface area contributed by atoms with E-state index in [1.807, 2.05) is 0 Å². The normalized spacial score (nSPS) is 12.4. The second kappa shape index (κ2) is 52.0. The zero-order chi connectivity index (χ0) is 45.8. The minimum absolute atomic E-state index is 0.0780. The second-order valence-electron chi connectivity index (χ2n) is 18.2. The van der Waals surface area contributed by atoms with Crippen molar-refractivity contribution < 1.29 is 28.6 Å². The lowest BCUT2D eigenvalue weighted by molar-refractivity contribution is -0.167. The van der Waals surface area contributed by atoms with Gasteiger partial charge in [0.25, 0.3) is 0 Å². The van der Waals surface area contributed by atoms with Crippen LogP contribution in [0, 0.1) is 0 Å². The van der Waals surface area contributed by atoms with Crippen LogP contribution in [0.5, 0.6) is 0 Å². The number of hydrogen-bond donors (Lipinski definition) is 0. The van der Waals surface area contributed by atoms with Crippen LogP contribution in [0.15, 0.2) is 48.6 Å². The Hall–Kier alpha value is -2.63. The van der Waals surface area contributed by atoms with Crippen LogP contribution in [-0.4, -0.2) is 37.2 Å². The number of hydrogen-bond acceptors (Lipinski definition) is 6. The molecule has 0 aliphatic carbocycles. The Labute approximate surface area is 390 Å². The molecule has 366 valence electrons. The van der Waals surface area contributed by atoms with Crippen LogP contribution in [0.1, 0.15) is 278 Å². The quantitative estimate of drug-likeness (QED) is 0.0199. The first-order chi connectivity index (χ1) is 31.0. The Morgan fingerprint density at radius 2 is 0.619 bits per heavy atom. The van der Waals surface area contributed by atoms with E-state index in [-0.39, 0.29) is 31.1 Å². The highest BCUT2D eigenvalue weighted by molar-refractivity contribution is 5.71. The van der Waals surface area contributed by atoms with Crippen LogP contribution in [0.2, 0.25) is 0 Å². The van der Waals surface area contributed by atoms with E-state index in [1.165, 1.54) is 161 Å². The highest BCUT2D eigenvalue weighted by Gasteiger charge is 2.19. The summed E-state index contributed by atoms with van der Waals surface area (Å²) in [6.07, 6.45) is 62.3. The Morgan fingerprint density at radius 1 is 0.333 bits per heavy atom. The van der Waals surface area contributed by atoms with Crippen molar-refractivity contribution in [3.63, 3.8) is 0 Å². The molecule has 0 aliphatic heterocycles. The third kappa shape index (κ3) is 50.2. The number of carbonyl (C=O) groups is 3. The Bertz CT molecular complexity index is 1110. The van der Waals surface area contributed by atoms with Crippen LogP contribution in [0.25, 0.3) is 0 Å². The Kier molecular flexibility index (Phi) is 49.8. The lowest BCUT2D eigenvalue weighted by atomic mass is 10.0. The molecule has 0 radical (unpaired) electrons. The molecule has 0 bridgehead atoms. The molecule has 63 heavy (non-hydrogen) atoms. The fraction of sp³-hybridized carbons (Fsp3) is 0.807. The van der Waals surface area contributed by atoms with Gasteiger partial charge in [0.05, 0.1) is 0 Å². The standard InChI is InChI=1S/C57H102O6/c1-4-7-10-13-16-19-22-25-27-28-30-32-35-38-41-44-47-50-56(59)62-53-54(52-61-55(58)49-46-43-40-37-34-31-24-21-18-15-12-9-6-3)63-57(60)51-48-45-42-39-36-33-29-26-23-20-17-14-11-8-5-2/h16-17,19-20,23,25-27,54H,4-15,18,21-22,24,28-53H2,1-3H3/b19-16-,20-17-,26-23-,27-25-. The van der Waals surface area contributed by atoms with E-state index in [2.05, 4.69) is 69.4 Å². The first-order valence-electron chi connectivity index (χ1n) is 27.2. The number of esters is 3. The molecular formula is C57H102O6. The van der Waals surface area contributed by atoms with Crippen molar-refractivity contribution in [1.82, 2.24) is 0 Å². The van der Waals surface area contributed by atoms with E-state index in [1.54, 1.807) is 0 Å². The van der Waals surface area contributed by atoms with Gasteiger partial charge in [-0.25, -0.2) is 0 Å². The van der Waals surface area contributed by atoms with Gasteiger partial charge in [-0.1, -0.05) is 230 Å². The Morgan fingerprint density at radius 3 is 1.00 bits per heavy atom. The SMILES string of the molecule is CCCCC/C=C\C=C/CCCCCCCCC(=O)OC(COC(=O)CCCCCCCCC/C=C\C/C=C\CCCCC)COC(=O)CCCCCCCCCCCCCCC. The van der Waals surface area contributed by atoms with Gasteiger partial charge in [0.1, 0.15) is 13.2 Å². The predicted octanol–water partition coefficient (Wildman–Crippen LogP) is 17.9. The molecule has 6 heteroatoms. The molecule has 0 fully saturated rings. The number of rotatable bonds is 49. The van der Waals surface area contributed by atoms with Crippen LogP contribution in [-0.2, 0) is 28.6 Å². The zero-order valence-electron chi connectivity index (χ0n) is 41.8. The number of ether oxygens (including phenoxy) is 3. The van der Waals surface area contributed by atoms with Gasteiger partial charge >= 0.3 is 17.9 Å². The zero-order valence-corrected chi connectivity index (χ0v) is 41.8. The summed E-state index contributed by atoms with van der Waals surface area (Å²) in [6, 6.07) is 0. The van der Waals surface area contributed by atoms with Crippen molar-refractivity contribution in [2.45, 2.75) is 284 Å². The molecule has 1 unspecified atom stereocenters. The van der Waals surface area contributed by atoms with E-state index >= 15 is 0 Å². The van der Waals surface area contributed by atoms with Gasteiger partial charge < -0.3 is 14.2 Å². The number of allylic oxidation sites excluding steroid dienone is 8. The van der Waals surface area contributed by atoms with Crippen molar-refractivity contribution >= 4 is 17.9 Å². The van der Waals surface area contributed by atoms with Gasteiger partial charge in [-0.05, 0) is 77.0 Å². The highest BCUT2D eigenvalue weighted by Crippen LogP contribution is 2.15. The summed E-state index contributed by atoms with van der Waals surface area (Å²) in [5, 5.41) is 0. The number of unbranched alkanes of at least 4 members (excludes halogenated alkanes) is 31. The van der Waals surface area contributed by atoms with Gasteiger partial charge in [0.2, 0.25) is 0 Å². The second-order valence-corrected chi connectivity index (χ2v) is 18.2. The van der Waals surface area contributed by atoms with Crippen molar-refractivity contribution in [2.24, 2.45) is 0 Å². The monoisotopic (exact) mass is 883 g/mol. The molecule has 0 aliphatic rings. The molecule has 0 N–H and O–H groups in total. The third-order valence-electron chi connectivity index (χ3n) is 11.8. The molecule has 0 aromatic carbocycles. The van der Waals surface area contributed by atoms with E-state index in [0.717, 1.165) is 77.0 Å². The molecule has 0 aromatic rings. The van der Waals surface area contributed by atoms with Crippen molar-refractivity contribution in [1.29, 1.82) is 0 Å². The van der Waals surface area contributed by atoms with Crippen molar-refractivity contribution in [3.8, 4) is 0 Å². The van der Waals surface area contributed by atoms with Gasteiger partial charge in [-0.2, -0.15) is 0 Å². The maximum atomic E-state index is 12.8. The van der Waals surface area contributed by atoms with Crippen LogP contribution in [0.4, 0.5) is 0 Å². The summed E-state index contributed by atoms with van der Waals surface area (Å²) in [6.45, 7) is 6.59. The average molecular weight is 883 g/mol. The largest absolute Gasteiger partial charge is 0.462 e. The fourth-order valence-electron chi connectivity index (χ4n) is 7.70. The minimum Gasteiger partial charge on any atom is -0.462 e. The molecule has 0 aromatic heterocycles. The summed E-state index contributed by atoms with van der Waals surface area (Å²) in [5.41, 5.74) is 0. The predicted molar refractivity (Wildman–Crippen MR) is 270 cm³/mol. The third-order valence-corrected chi connectivity index (χ3v) is 11.8. The lowest BCUT2D eigenvalue weighted by Gasteiger charge is -2.18. The van der Waals surface area contributed by atoms with Crippen LogP contribution >= 0.6 is 0 Å². The summed E-state index contributed by atoms with van der Waals surface area (Å²) >= 11 is 0. The van der Waals surface area contributed by atoms with Gasteiger partial charge in [0, 0.05) is 19.3 Å². The minimum atomic E-state index is -0.779. The van der Waals surface area contributed by atoms with Crippen LogP contribution < -0.4 is 0 Å². The van der Waals surface area contributed by atoms with Gasteiger partial charge in [-0.3, -0.25) is 14.4 Å². The van der Waals surface area contributed by atoms with E-state index < -0.39 is 6.10 Å². The average Bonchev–Trinajstić information content (AvgIpc) is 3.28. The molecule has 0 saturated carbocycles. The lowest BCUT2D eigenvalue weighted by Crippen LogP contribution is -2.30. The van der Waals surface area contributed by atoms with Crippen LogP contribution in [0.3, 0.4) is 0 Å². The molecule has 0 heterocycles. The molecule has 0 rings (SSSR count). The first-order valence-corrected chi connectivity index (χ1v) is 27.2. The van der Waals surface area contributed by atoms with Crippen molar-refractivity contribution in [3.05, 3.63) is 48.6 Å². The molecule has 0 amide bonds. The fourth-order valence-corrected chi connectivity index (χ4v) is 7.70. The molecule has 0 saturated heterocycles. The molecule has 6 nitrogen and oxygen atoms in total. The Balaban J connectivity index is 4.38. The summed E-state index contributed by atoms with van der Waals surface area (Å²) in [5.74, 6) is -0.888. The smallest absolute Gasteiger partial charge is 0.306 e. The molecule has 1 atom stereocenters. The van der Waals surface area contributed by atoms with Gasteiger partial charge in [0.15, 0.2) is 6.10 Å². The summed E-state index contributed by atoms with van der Waals surface area (Å²) < 4.78 is 16.8. The number of carbonyl (C=O) groups excluding carboxylic acids is 3. The summed E-state index contributed by atoms with van der Waals surface area (Å²) in [7, 11) is 0. The first kappa shape index (κ1) is 60.4. The van der Waals surface area contributed by atoms with E-state index in [0.29, 0.717) is 19.3 Å². The van der Waals surface area contributed by atoms with Gasteiger partial charge in [-0.15, -0.1) is 0 Å². The summed E-state index contributed by atoms with van der Waals surface area (Å²) in [4.78, 5) is 38.0. The molecular weight excluding hydrogens is 781 g/mol. The van der Waals surface area contributed by atoms with E-state index in [4.69, 9.17) is 14.2 Å². The maximum Gasteiger partial charge on any atom is 0.306 e. The van der Waals surface area contributed by atoms with E-state index in [9.17, 15) is 14.4 Å². The maximum absolute atomic E-state index is 12.8. The highest BCUT2D eigenvalue weighted by atomic mass is 16.6. The van der Waals surface area contributed by atoms with Crippen molar-refractivity contribution in [2.75, 3.05) is 13.2 Å². The molecule has 0 spiro atoms. The topological polar surface area (TPSA) is 78.9 Å².